The van der Waals surface area contributed by atoms with Gasteiger partial charge in [0.05, 0.1) is 0 Å². The van der Waals surface area contributed by atoms with Crippen molar-refractivity contribution in [1.29, 1.82) is 0 Å². The van der Waals surface area contributed by atoms with E-state index < -0.39 is 0 Å². The van der Waals surface area contributed by atoms with Gasteiger partial charge in [-0.1, -0.05) is 18.2 Å². The minimum Gasteiger partial charge on any atom is -0.357 e. The first kappa shape index (κ1) is 13.1. The summed E-state index contributed by atoms with van der Waals surface area (Å²) in [7, 11) is 0. The highest BCUT2D eigenvalue weighted by Gasteiger charge is 2.19. The molecule has 20 heavy (non-hydrogen) atoms. The monoisotopic (exact) mass is 273 g/mol. The average Bonchev–Trinajstić information content (AvgIpc) is 2.84. The number of fused-ring (bicyclic) bond motifs is 3. The molecule has 0 atom stereocenters. The molecule has 1 aliphatic heterocycles. The van der Waals surface area contributed by atoms with Crippen molar-refractivity contribution in [3.63, 3.8) is 0 Å². The second-order valence-corrected chi connectivity index (χ2v) is 5.29. The van der Waals surface area contributed by atoms with Gasteiger partial charge in [0.15, 0.2) is 0 Å². The van der Waals surface area contributed by atoms with Crippen molar-refractivity contribution in [1.82, 2.24) is 15.4 Å². The Bertz CT molecular complexity index is 621. The molecule has 0 radical (unpaired) electrons. The van der Waals surface area contributed by atoms with E-state index in [0.717, 1.165) is 32.5 Å². The largest absolute Gasteiger partial charge is 0.357 e. The molecule has 2 aromatic rings. The summed E-state index contributed by atoms with van der Waals surface area (Å²) in [4.78, 5) is 16.8. The molecule has 2 heterocycles. The van der Waals surface area contributed by atoms with Gasteiger partial charge in [-0.05, 0) is 31.0 Å². The third kappa shape index (κ3) is 2.55. The van der Waals surface area contributed by atoms with E-state index in [1.165, 1.54) is 22.2 Å². The van der Waals surface area contributed by atoms with E-state index >= 15 is 0 Å². The zero-order valence-corrected chi connectivity index (χ0v) is 11.4. The summed E-state index contributed by atoms with van der Waals surface area (Å²) in [6.07, 6.45) is 2.18. The van der Waals surface area contributed by atoms with E-state index in [-0.39, 0.29) is 5.91 Å². The third-order valence-corrected chi connectivity index (χ3v) is 3.96. The van der Waals surface area contributed by atoms with Gasteiger partial charge < -0.3 is 4.98 Å². The first-order valence-electron chi connectivity index (χ1n) is 7.01. The highest BCUT2D eigenvalue weighted by molar-refractivity contribution is 5.84. The fourth-order valence-electron chi connectivity index (χ4n) is 2.96. The summed E-state index contributed by atoms with van der Waals surface area (Å²) in [5.41, 5.74) is 5.61. The Hall–Kier alpha value is -1.85. The van der Waals surface area contributed by atoms with Crippen molar-refractivity contribution in [3.8, 4) is 0 Å². The number of H-pyrrole nitrogens is 1. The number of carbonyl (C=O) groups is 1. The highest BCUT2D eigenvalue weighted by Crippen LogP contribution is 2.27. The number of hydroxylamine groups is 1. The summed E-state index contributed by atoms with van der Waals surface area (Å²) >= 11 is 0. The molecule has 5 nitrogen and oxygen atoms in total. The Balaban J connectivity index is 1.65. The summed E-state index contributed by atoms with van der Waals surface area (Å²) in [6, 6.07) is 8.42. The lowest BCUT2D eigenvalue weighted by molar-refractivity contribution is -0.129. The predicted octanol–water partition coefficient (Wildman–Crippen LogP) is 1.81. The molecule has 0 saturated heterocycles. The SMILES string of the molecule is O=C(CCCN1CCc2c([nH]c3ccccc23)C1)NO. The molecular formula is C15H19N3O2. The number of nitrogens with one attached hydrogen (secondary N) is 2. The lowest BCUT2D eigenvalue weighted by atomic mass is 10.0. The normalized spacial score (nSPS) is 15.2. The molecule has 0 spiro atoms. The van der Waals surface area contributed by atoms with Crippen LogP contribution in [0.1, 0.15) is 24.1 Å². The zero-order valence-electron chi connectivity index (χ0n) is 11.4. The molecule has 1 aliphatic rings. The molecule has 1 aromatic heterocycles. The quantitative estimate of drug-likeness (QED) is 0.588. The number of amides is 1. The van der Waals surface area contributed by atoms with Crippen LogP contribution in [0.3, 0.4) is 0 Å². The first-order valence-corrected chi connectivity index (χ1v) is 7.01. The van der Waals surface area contributed by atoms with Crippen molar-refractivity contribution < 1.29 is 10.0 Å². The lowest BCUT2D eigenvalue weighted by Gasteiger charge is -2.26. The average molecular weight is 273 g/mol. The maximum absolute atomic E-state index is 11.0. The summed E-state index contributed by atoms with van der Waals surface area (Å²) < 4.78 is 0. The van der Waals surface area contributed by atoms with Gasteiger partial charge in [-0.3, -0.25) is 14.9 Å². The summed E-state index contributed by atoms with van der Waals surface area (Å²) in [6.45, 7) is 2.81. The fourth-order valence-corrected chi connectivity index (χ4v) is 2.96. The van der Waals surface area contributed by atoms with E-state index in [1.54, 1.807) is 5.48 Å². The van der Waals surface area contributed by atoms with Crippen LogP contribution in [0, 0.1) is 0 Å². The van der Waals surface area contributed by atoms with Crippen molar-refractivity contribution in [2.24, 2.45) is 0 Å². The predicted molar refractivity (Wildman–Crippen MR) is 76.4 cm³/mol. The van der Waals surface area contributed by atoms with Crippen LogP contribution in [0.4, 0.5) is 0 Å². The van der Waals surface area contributed by atoms with Gasteiger partial charge in [0.2, 0.25) is 5.91 Å². The van der Waals surface area contributed by atoms with Gasteiger partial charge in [-0.2, -0.15) is 0 Å². The number of aromatic amines is 1. The molecule has 0 aliphatic carbocycles. The van der Waals surface area contributed by atoms with Crippen LogP contribution < -0.4 is 5.48 Å². The molecule has 0 fully saturated rings. The maximum atomic E-state index is 11.0. The Morgan fingerprint density at radius 2 is 2.25 bits per heavy atom. The molecule has 3 rings (SSSR count). The molecule has 1 aromatic carbocycles. The van der Waals surface area contributed by atoms with Gasteiger partial charge >= 0.3 is 0 Å². The van der Waals surface area contributed by atoms with Crippen molar-refractivity contribution in [2.75, 3.05) is 13.1 Å². The Morgan fingerprint density at radius 3 is 3.10 bits per heavy atom. The van der Waals surface area contributed by atoms with Crippen molar-refractivity contribution >= 4 is 16.8 Å². The standard InChI is InChI=1S/C15H19N3O2/c19-15(17-20)6-3-8-18-9-7-12-11-4-1-2-5-13(11)16-14(12)10-18/h1-2,4-5,16,20H,3,6-10H2,(H,17,19). The zero-order chi connectivity index (χ0) is 13.9. The smallest absolute Gasteiger partial charge is 0.243 e. The molecule has 0 saturated carbocycles. The number of benzene rings is 1. The van der Waals surface area contributed by atoms with Gasteiger partial charge in [-0.25, -0.2) is 5.48 Å². The molecule has 1 amide bonds. The van der Waals surface area contributed by atoms with Crippen LogP contribution in [0.25, 0.3) is 10.9 Å². The molecule has 3 N–H and O–H groups in total. The van der Waals surface area contributed by atoms with Crippen LogP contribution in [0.5, 0.6) is 0 Å². The van der Waals surface area contributed by atoms with Gasteiger partial charge in [0.25, 0.3) is 0 Å². The van der Waals surface area contributed by atoms with Crippen LogP contribution in [-0.2, 0) is 17.8 Å². The van der Waals surface area contributed by atoms with Crippen molar-refractivity contribution in [2.45, 2.75) is 25.8 Å². The Kier molecular flexibility index (Phi) is 3.71. The molecular weight excluding hydrogens is 254 g/mol. The second kappa shape index (κ2) is 5.64. The van der Waals surface area contributed by atoms with E-state index in [9.17, 15) is 4.79 Å². The molecule has 0 bridgehead atoms. The Labute approximate surface area is 117 Å². The first-order chi connectivity index (χ1) is 9.78. The fraction of sp³-hybridized carbons (Fsp3) is 0.400. The van der Waals surface area contributed by atoms with Crippen LogP contribution in [0.15, 0.2) is 24.3 Å². The number of carbonyl (C=O) groups excluding carboxylic acids is 1. The van der Waals surface area contributed by atoms with Gasteiger partial charge in [0.1, 0.15) is 0 Å². The van der Waals surface area contributed by atoms with E-state index in [0.29, 0.717) is 6.42 Å². The number of rotatable bonds is 4. The van der Waals surface area contributed by atoms with Crippen molar-refractivity contribution in [3.05, 3.63) is 35.5 Å². The maximum Gasteiger partial charge on any atom is 0.243 e. The molecule has 0 unspecified atom stereocenters. The van der Waals surface area contributed by atoms with E-state index in [1.807, 2.05) is 0 Å². The number of aromatic nitrogens is 1. The van der Waals surface area contributed by atoms with Gasteiger partial charge in [-0.15, -0.1) is 0 Å². The minimum absolute atomic E-state index is 0.312. The van der Waals surface area contributed by atoms with Crippen LogP contribution in [0.2, 0.25) is 0 Å². The number of hydrogen-bond acceptors (Lipinski definition) is 3. The number of nitrogens with zero attached hydrogens (tertiary/aromatic N) is 1. The topological polar surface area (TPSA) is 68.4 Å². The number of hydrogen-bond donors (Lipinski definition) is 3. The second-order valence-electron chi connectivity index (χ2n) is 5.29. The summed E-state index contributed by atoms with van der Waals surface area (Å²) in [5.74, 6) is -0.312. The third-order valence-electron chi connectivity index (χ3n) is 3.96. The number of para-hydroxylation sites is 1. The lowest BCUT2D eigenvalue weighted by Crippen LogP contribution is -2.32. The molecule has 106 valence electrons. The minimum atomic E-state index is -0.312. The highest BCUT2D eigenvalue weighted by atomic mass is 16.5. The molecule has 5 heteroatoms. The van der Waals surface area contributed by atoms with Crippen LogP contribution in [-0.4, -0.2) is 34.1 Å². The Morgan fingerprint density at radius 1 is 1.40 bits per heavy atom. The van der Waals surface area contributed by atoms with Gasteiger partial charge in [0, 0.05) is 36.1 Å². The van der Waals surface area contributed by atoms with E-state index in [4.69, 9.17) is 5.21 Å². The van der Waals surface area contributed by atoms with Crippen LogP contribution >= 0.6 is 0 Å². The summed E-state index contributed by atoms with van der Waals surface area (Å²) in [5, 5.41) is 9.80. The van der Waals surface area contributed by atoms with E-state index in [2.05, 4.69) is 34.1 Å².